The summed E-state index contributed by atoms with van der Waals surface area (Å²) in [5, 5.41) is 12.8. The second-order valence-corrected chi connectivity index (χ2v) is 4.54. The fourth-order valence-corrected chi connectivity index (χ4v) is 1.85. The molecule has 112 valence electrons. The van der Waals surface area contributed by atoms with E-state index in [9.17, 15) is 13.9 Å². The molecule has 2 N–H and O–H groups in total. The fraction of sp³-hybridized carbons (Fsp3) is 0.267. The van der Waals surface area contributed by atoms with Gasteiger partial charge in [-0.05, 0) is 36.8 Å². The van der Waals surface area contributed by atoms with Gasteiger partial charge in [-0.1, -0.05) is 12.1 Å². The lowest BCUT2D eigenvalue weighted by atomic mass is 10.2. The molecule has 21 heavy (non-hydrogen) atoms. The molecule has 0 radical (unpaired) electrons. The SMILES string of the molecule is Cc1ccc(O)c(CNCc2ccc(OC(F)F)cc2)n1. The normalized spacial score (nSPS) is 10.9. The molecule has 0 saturated carbocycles. The molecule has 1 heterocycles. The van der Waals surface area contributed by atoms with E-state index < -0.39 is 6.61 Å². The number of rotatable bonds is 6. The first kappa shape index (κ1) is 15.2. The standard InChI is InChI=1S/C15H16F2N2O2/c1-10-2-7-14(20)13(19-10)9-18-8-11-3-5-12(6-4-11)21-15(16)17/h2-7,15,18,20H,8-9H2,1H3. The molecule has 0 saturated heterocycles. The van der Waals surface area contributed by atoms with Crippen molar-refractivity contribution >= 4 is 0 Å². The van der Waals surface area contributed by atoms with Gasteiger partial charge in [0.25, 0.3) is 0 Å². The zero-order chi connectivity index (χ0) is 15.2. The lowest BCUT2D eigenvalue weighted by molar-refractivity contribution is -0.0498. The van der Waals surface area contributed by atoms with E-state index in [2.05, 4.69) is 15.0 Å². The van der Waals surface area contributed by atoms with Crippen molar-refractivity contribution in [3.05, 3.63) is 53.3 Å². The number of nitrogens with one attached hydrogen (secondary N) is 1. The van der Waals surface area contributed by atoms with Crippen LogP contribution in [-0.2, 0) is 13.1 Å². The highest BCUT2D eigenvalue weighted by Crippen LogP contribution is 2.16. The van der Waals surface area contributed by atoms with Crippen LogP contribution in [0.2, 0.25) is 0 Å². The third kappa shape index (κ3) is 4.68. The number of ether oxygens (including phenoxy) is 1. The predicted octanol–water partition coefficient (Wildman–Crippen LogP) is 2.99. The topological polar surface area (TPSA) is 54.4 Å². The minimum Gasteiger partial charge on any atom is -0.506 e. The highest BCUT2D eigenvalue weighted by Gasteiger charge is 2.05. The molecule has 0 amide bonds. The Morgan fingerprint density at radius 2 is 1.86 bits per heavy atom. The van der Waals surface area contributed by atoms with Crippen LogP contribution in [0.5, 0.6) is 11.5 Å². The van der Waals surface area contributed by atoms with Crippen molar-refractivity contribution in [2.45, 2.75) is 26.6 Å². The second kappa shape index (κ2) is 6.99. The minimum absolute atomic E-state index is 0.131. The number of hydrogen-bond donors (Lipinski definition) is 2. The lowest BCUT2D eigenvalue weighted by Gasteiger charge is -2.08. The molecule has 0 atom stereocenters. The Bertz CT molecular complexity index is 589. The second-order valence-electron chi connectivity index (χ2n) is 4.54. The number of benzene rings is 1. The molecule has 2 rings (SSSR count). The molecule has 1 aromatic heterocycles. The van der Waals surface area contributed by atoms with E-state index >= 15 is 0 Å². The van der Waals surface area contributed by atoms with Gasteiger partial charge >= 0.3 is 6.61 Å². The summed E-state index contributed by atoms with van der Waals surface area (Å²) in [7, 11) is 0. The Morgan fingerprint density at radius 3 is 2.52 bits per heavy atom. The summed E-state index contributed by atoms with van der Waals surface area (Å²) < 4.78 is 28.3. The van der Waals surface area contributed by atoms with E-state index in [-0.39, 0.29) is 11.5 Å². The molecule has 0 fully saturated rings. The quantitative estimate of drug-likeness (QED) is 0.860. The Balaban J connectivity index is 1.87. The van der Waals surface area contributed by atoms with Crippen LogP contribution in [-0.4, -0.2) is 16.7 Å². The zero-order valence-corrected chi connectivity index (χ0v) is 11.5. The van der Waals surface area contributed by atoms with Gasteiger partial charge in [0.1, 0.15) is 11.5 Å². The van der Waals surface area contributed by atoms with Crippen molar-refractivity contribution in [3.63, 3.8) is 0 Å². The van der Waals surface area contributed by atoms with Gasteiger partial charge in [-0.3, -0.25) is 4.98 Å². The number of aromatic nitrogens is 1. The van der Waals surface area contributed by atoms with Gasteiger partial charge in [-0.2, -0.15) is 8.78 Å². The summed E-state index contributed by atoms with van der Waals surface area (Å²) in [5.41, 5.74) is 2.33. The van der Waals surface area contributed by atoms with Gasteiger partial charge in [-0.15, -0.1) is 0 Å². The molecule has 1 aromatic carbocycles. The van der Waals surface area contributed by atoms with E-state index in [4.69, 9.17) is 0 Å². The summed E-state index contributed by atoms with van der Waals surface area (Å²) in [6, 6.07) is 9.73. The fourth-order valence-electron chi connectivity index (χ4n) is 1.85. The third-order valence-electron chi connectivity index (χ3n) is 2.86. The number of nitrogens with zero attached hydrogens (tertiary/aromatic N) is 1. The molecule has 0 bridgehead atoms. The highest BCUT2D eigenvalue weighted by atomic mass is 19.3. The Hall–Kier alpha value is -2.21. The van der Waals surface area contributed by atoms with E-state index in [1.54, 1.807) is 24.3 Å². The number of halogens is 2. The molecule has 0 aliphatic carbocycles. The summed E-state index contributed by atoms with van der Waals surface area (Å²) in [6.45, 7) is -0.0124. The maximum absolute atomic E-state index is 12.0. The molecule has 4 nitrogen and oxygen atoms in total. The van der Waals surface area contributed by atoms with Crippen molar-refractivity contribution in [1.29, 1.82) is 0 Å². The maximum Gasteiger partial charge on any atom is 0.387 e. The summed E-state index contributed by atoms with van der Waals surface area (Å²) in [4.78, 5) is 4.23. The van der Waals surface area contributed by atoms with Crippen LogP contribution >= 0.6 is 0 Å². The largest absolute Gasteiger partial charge is 0.506 e. The monoisotopic (exact) mass is 294 g/mol. The Kier molecular flexibility index (Phi) is 5.05. The molecule has 0 aliphatic heterocycles. The molecule has 0 spiro atoms. The number of hydrogen-bond acceptors (Lipinski definition) is 4. The van der Waals surface area contributed by atoms with Crippen molar-refractivity contribution in [2.75, 3.05) is 0 Å². The molecule has 0 aliphatic rings. The third-order valence-corrected chi connectivity index (χ3v) is 2.86. The van der Waals surface area contributed by atoms with Crippen molar-refractivity contribution < 1.29 is 18.6 Å². The summed E-state index contributed by atoms with van der Waals surface area (Å²) >= 11 is 0. The smallest absolute Gasteiger partial charge is 0.387 e. The van der Waals surface area contributed by atoms with Gasteiger partial charge in [0, 0.05) is 18.8 Å². The van der Waals surface area contributed by atoms with Crippen molar-refractivity contribution in [1.82, 2.24) is 10.3 Å². The first-order valence-electron chi connectivity index (χ1n) is 6.44. The van der Waals surface area contributed by atoms with Gasteiger partial charge < -0.3 is 15.2 Å². The van der Waals surface area contributed by atoms with Crippen LogP contribution in [0.15, 0.2) is 36.4 Å². The average Bonchev–Trinajstić information content (AvgIpc) is 2.44. The molecule has 6 heteroatoms. The van der Waals surface area contributed by atoms with Gasteiger partial charge in [-0.25, -0.2) is 0 Å². The van der Waals surface area contributed by atoms with E-state index in [1.807, 2.05) is 6.92 Å². The molecule has 0 unspecified atom stereocenters. The number of alkyl halides is 2. The van der Waals surface area contributed by atoms with Gasteiger partial charge in [0.15, 0.2) is 0 Å². The van der Waals surface area contributed by atoms with E-state index in [1.165, 1.54) is 12.1 Å². The number of pyridine rings is 1. The predicted molar refractivity (Wildman–Crippen MR) is 74.3 cm³/mol. The van der Waals surface area contributed by atoms with Crippen LogP contribution in [0.25, 0.3) is 0 Å². The Labute approximate surface area is 121 Å². The average molecular weight is 294 g/mol. The first-order valence-corrected chi connectivity index (χ1v) is 6.44. The summed E-state index contributed by atoms with van der Waals surface area (Å²) in [6.07, 6.45) is 0. The molecular formula is C15H16F2N2O2. The number of aryl methyl sites for hydroxylation is 1. The van der Waals surface area contributed by atoms with Crippen LogP contribution in [0, 0.1) is 6.92 Å². The van der Waals surface area contributed by atoms with Gasteiger partial charge in [0.2, 0.25) is 0 Å². The van der Waals surface area contributed by atoms with Crippen molar-refractivity contribution in [2.24, 2.45) is 0 Å². The highest BCUT2D eigenvalue weighted by molar-refractivity contribution is 5.29. The lowest BCUT2D eigenvalue weighted by Crippen LogP contribution is -2.14. The van der Waals surface area contributed by atoms with E-state index in [0.29, 0.717) is 18.8 Å². The van der Waals surface area contributed by atoms with Crippen LogP contribution in [0.3, 0.4) is 0 Å². The van der Waals surface area contributed by atoms with Crippen molar-refractivity contribution in [3.8, 4) is 11.5 Å². The van der Waals surface area contributed by atoms with Crippen LogP contribution < -0.4 is 10.1 Å². The van der Waals surface area contributed by atoms with E-state index in [0.717, 1.165) is 11.3 Å². The Morgan fingerprint density at radius 1 is 1.14 bits per heavy atom. The summed E-state index contributed by atoms with van der Waals surface area (Å²) in [5.74, 6) is 0.278. The molecular weight excluding hydrogens is 278 g/mol. The van der Waals surface area contributed by atoms with Crippen LogP contribution in [0.1, 0.15) is 17.0 Å². The first-order chi connectivity index (χ1) is 10.0. The minimum atomic E-state index is -2.82. The zero-order valence-electron chi connectivity index (χ0n) is 11.5. The van der Waals surface area contributed by atoms with Gasteiger partial charge in [0.05, 0.1) is 5.69 Å². The maximum atomic E-state index is 12.0. The number of aromatic hydroxyl groups is 1. The van der Waals surface area contributed by atoms with Crippen LogP contribution in [0.4, 0.5) is 8.78 Å². The molecule has 2 aromatic rings.